The molecule has 23 heavy (non-hydrogen) atoms. The van der Waals surface area contributed by atoms with Crippen LogP contribution in [0.5, 0.6) is 0 Å². The average molecular weight is 333 g/mol. The molecule has 2 amide bonds. The Kier molecular flexibility index (Phi) is 5.95. The van der Waals surface area contributed by atoms with Gasteiger partial charge in [0.2, 0.25) is 0 Å². The highest BCUT2D eigenvalue weighted by Crippen LogP contribution is 2.29. The number of benzene rings is 2. The van der Waals surface area contributed by atoms with Crippen LogP contribution in [0.25, 0.3) is 0 Å². The molecule has 0 aliphatic carbocycles. The van der Waals surface area contributed by atoms with Gasteiger partial charge in [-0.1, -0.05) is 11.8 Å². The zero-order valence-corrected chi connectivity index (χ0v) is 13.1. The van der Waals surface area contributed by atoms with E-state index in [0.29, 0.717) is 5.69 Å². The molecule has 0 bridgehead atoms. The van der Waals surface area contributed by atoms with Crippen LogP contribution in [-0.4, -0.2) is 24.8 Å². The van der Waals surface area contributed by atoms with Gasteiger partial charge in [0.1, 0.15) is 6.73 Å². The number of nitrogens with one attached hydrogen (secondary N) is 2. The Morgan fingerprint density at radius 2 is 1.70 bits per heavy atom. The van der Waals surface area contributed by atoms with Gasteiger partial charge in [0.05, 0.1) is 4.92 Å². The van der Waals surface area contributed by atoms with Crippen molar-refractivity contribution in [1.82, 2.24) is 5.32 Å². The molecule has 0 aliphatic heterocycles. The number of hydrogen-bond acceptors (Lipinski definition) is 5. The lowest BCUT2D eigenvalue weighted by molar-refractivity contribution is -0.384. The summed E-state index contributed by atoms with van der Waals surface area (Å²) < 4.78 is 4.74. The molecule has 8 heteroatoms. The number of nitro benzene ring substituents is 1. The van der Waals surface area contributed by atoms with Crippen LogP contribution in [0.1, 0.15) is 0 Å². The summed E-state index contributed by atoms with van der Waals surface area (Å²) in [6.07, 6.45) is 0. The van der Waals surface area contributed by atoms with Crippen molar-refractivity contribution in [3.05, 3.63) is 58.6 Å². The predicted molar refractivity (Wildman–Crippen MR) is 87.7 cm³/mol. The fraction of sp³-hybridized carbons (Fsp3) is 0.133. The minimum Gasteiger partial charge on any atom is -0.364 e. The van der Waals surface area contributed by atoms with E-state index in [1.165, 1.54) is 31.0 Å². The van der Waals surface area contributed by atoms with Crippen molar-refractivity contribution in [3.63, 3.8) is 0 Å². The first-order valence-corrected chi connectivity index (χ1v) is 7.46. The fourth-order valence-electron chi connectivity index (χ4n) is 1.69. The maximum atomic E-state index is 11.5. The molecular formula is C15H15N3O4S. The molecule has 0 atom stereocenters. The summed E-state index contributed by atoms with van der Waals surface area (Å²) in [7, 11) is 1.49. The number of hydrogen-bond donors (Lipinski definition) is 2. The normalized spacial score (nSPS) is 10.1. The van der Waals surface area contributed by atoms with Crippen molar-refractivity contribution >= 4 is 29.2 Å². The van der Waals surface area contributed by atoms with E-state index in [2.05, 4.69) is 10.6 Å². The number of rotatable bonds is 6. The first-order valence-electron chi connectivity index (χ1n) is 6.64. The van der Waals surface area contributed by atoms with Gasteiger partial charge in [0, 0.05) is 34.7 Å². The minimum absolute atomic E-state index is 0.0657. The van der Waals surface area contributed by atoms with Crippen molar-refractivity contribution in [2.45, 2.75) is 9.79 Å². The number of carbonyl (C=O) groups is 1. The summed E-state index contributed by atoms with van der Waals surface area (Å²) in [4.78, 5) is 23.5. The molecular weight excluding hydrogens is 318 g/mol. The second-order valence-electron chi connectivity index (χ2n) is 4.44. The fourth-order valence-corrected chi connectivity index (χ4v) is 2.51. The molecule has 120 valence electrons. The zero-order chi connectivity index (χ0) is 16.7. The Morgan fingerprint density at radius 1 is 1.13 bits per heavy atom. The molecule has 0 fully saturated rings. The van der Waals surface area contributed by atoms with Gasteiger partial charge >= 0.3 is 6.03 Å². The molecule has 0 heterocycles. The van der Waals surface area contributed by atoms with Crippen LogP contribution < -0.4 is 10.6 Å². The Labute approximate surface area is 137 Å². The summed E-state index contributed by atoms with van der Waals surface area (Å²) in [6, 6.07) is 13.3. The molecule has 2 N–H and O–H groups in total. The lowest BCUT2D eigenvalue weighted by Gasteiger charge is -2.07. The van der Waals surface area contributed by atoms with Crippen LogP contribution in [-0.2, 0) is 4.74 Å². The van der Waals surface area contributed by atoms with Crippen LogP contribution in [0.3, 0.4) is 0 Å². The van der Waals surface area contributed by atoms with Gasteiger partial charge in [-0.3, -0.25) is 10.1 Å². The number of non-ortho nitro benzene ring substituents is 1. The summed E-state index contributed by atoms with van der Waals surface area (Å²) in [5, 5.41) is 15.8. The van der Waals surface area contributed by atoms with Crippen molar-refractivity contribution in [2.75, 3.05) is 19.2 Å². The molecule has 0 spiro atoms. The average Bonchev–Trinajstić information content (AvgIpc) is 2.55. The Bertz CT molecular complexity index is 674. The van der Waals surface area contributed by atoms with Crippen molar-refractivity contribution in [3.8, 4) is 0 Å². The van der Waals surface area contributed by atoms with E-state index in [1.54, 1.807) is 24.3 Å². The third-order valence-corrected chi connectivity index (χ3v) is 3.79. The zero-order valence-electron chi connectivity index (χ0n) is 12.3. The summed E-state index contributed by atoms with van der Waals surface area (Å²) >= 11 is 1.48. The standard InChI is InChI=1S/C15H15N3O4S/c1-22-10-16-15(19)17-11-2-6-13(7-3-11)23-14-8-4-12(5-9-14)18(20)21/h2-9H,10H2,1H3,(H2,16,17,19). The Morgan fingerprint density at radius 3 is 2.22 bits per heavy atom. The van der Waals surface area contributed by atoms with Crippen LogP contribution in [0.4, 0.5) is 16.2 Å². The molecule has 0 unspecified atom stereocenters. The Hall–Kier alpha value is -2.58. The molecule has 0 aliphatic rings. The number of anilines is 1. The first-order chi connectivity index (χ1) is 11.1. The van der Waals surface area contributed by atoms with E-state index >= 15 is 0 Å². The number of carbonyl (C=O) groups excluding carboxylic acids is 1. The third-order valence-electron chi connectivity index (χ3n) is 2.77. The third kappa shape index (κ3) is 5.28. The van der Waals surface area contributed by atoms with Crippen molar-refractivity contribution < 1.29 is 14.5 Å². The van der Waals surface area contributed by atoms with Gasteiger partial charge in [-0.05, 0) is 36.4 Å². The van der Waals surface area contributed by atoms with Gasteiger partial charge in [0.15, 0.2) is 0 Å². The molecule has 2 rings (SSSR count). The van der Waals surface area contributed by atoms with Crippen LogP contribution in [0, 0.1) is 10.1 Å². The number of amides is 2. The maximum Gasteiger partial charge on any atom is 0.321 e. The molecule has 0 saturated carbocycles. The highest BCUT2D eigenvalue weighted by molar-refractivity contribution is 7.99. The molecule has 2 aromatic rings. The van der Waals surface area contributed by atoms with E-state index in [-0.39, 0.29) is 18.4 Å². The molecule has 0 radical (unpaired) electrons. The van der Waals surface area contributed by atoms with Crippen LogP contribution in [0.15, 0.2) is 58.3 Å². The SMILES string of the molecule is COCNC(=O)Nc1ccc(Sc2ccc([N+](=O)[O-])cc2)cc1. The van der Waals surface area contributed by atoms with E-state index in [1.807, 2.05) is 12.1 Å². The van der Waals surface area contributed by atoms with Crippen molar-refractivity contribution in [2.24, 2.45) is 0 Å². The molecule has 0 aromatic heterocycles. The van der Waals surface area contributed by atoms with E-state index in [0.717, 1.165) is 9.79 Å². The van der Waals surface area contributed by atoms with Gasteiger partial charge in [-0.15, -0.1) is 0 Å². The summed E-state index contributed by atoms with van der Waals surface area (Å²) in [5.74, 6) is 0. The number of methoxy groups -OCH3 is 1. The largest absolute Gasteiger partial charge is 0.364 e. The number of ether oxygens (including phenoxy) is 1. The lowest BCUT2D eigenvalue weighted by Crippen LogP contribution is -2.30. The van der Waals surface area contributed by atoms with Gasteiger partial charge < -0.3 is 15.4 Å². The minimum atomic E-state index is -0.427. The first kappa shape index (κ1) is 16.8. The number of urea groups is 1. The van der Waals surface area contributed by atoms with Gasteiger partial charge in [-0.2, -0.15) is 0 Å². The monoisotopic (exact) mass is 333 g/mol. The van der Waals surface area contributed by atoms with E-state index in [9.17, 15) is 14.9 Å². The molecule has 2 aromatic carbocycles. The van der Waals surface area contributed by atoms with E-state index < -0.39 is 4.92 Å². The second-order valence-corrected chi connectivity index (χ2v) is 5.59. The lowest BCUT2D eigenvalue weighted by atomic mass is 10.3. The quantitative estimate of drug-likeness (QED) is 0.479. The number of nitro groups is 1. The predicted octanol–water partition coefficient (Wildman–Crippen LogP) is 3.47. The van der Waals surface area contributed by atoms with Gasteiger partial charge in [-0.25, -0.2) is 4.79 Å². The molecule has 0 saturated heterocycles. The summed E-state index contributed by atoms with van der Waals surface area (Å²) in [6.45, 7) is 0.139. The number of nitrogens with zero attached hydrogens (tertiary/aromatic N) is 1. The topological polar surface area (TPSA) is 93.5 Å². The highest BCUT2D eigenvalue weighted by atomic mass is 32.2. The summed E-state index contributed by atoms with van der Waals surface area (Å²) in [5.41, 5.74) is 0.725. The molecule has 7 nitrogen and oxygen atoms in total. The highest BCUT2D eigenvalue weighted by Gasteiger charge is 2.05. The van der Waals surface area contributed by atoms with Crippen LogP contribution in [0.2, 0.25) is 0 Å². The maximum absolute atomic E-state index is 11.5. The van der Waals surface area contributed by atoms with Gasteiger partial charge in [0.25, 0.3) is 5.69 Å². The second kappa shape index (κ2) is 8.16. The van der Waals surface area contributed by atoms with E-state index in [4.69, 9.17) is 4.74 Å². The van der Waals surface area contributed by atoms with Crippen molar-refractivity contribution in [1.29, 1.82) is 0 Å². The smallest absolute Gasteiger partial charge is 0.321 e. The van der Waals surface area contributed by atoms with Crippen LogP contribution >= 0.6 is 11.8 Å². The Balaban J connectivity index is 1.94.